The third kappa shape index (κ3) is 5.64. The number of aromatic nitrogens is 2. The Hall–Kier alpha value is -3.96. The van der Waals surface area contributed by atoms with Crippen molar-refractivity contribution in [2.75, 3.05) is 6.61 Å². The van der Waals surface area contributed by atoms with E-state index in [1.165, 1.54) is 6.20 Å². The molecule has 4 fully saturated rings. The molecule has 5 aliphatic carbocycles. The lowest BCUT2D eigenvalue weighted by atomic mass is 9.33. The summed E-state index contributed by atoms with van der Waals surface area (Å²) in [5, 5.41) is 14.9. The van der Waals surface area contributed by atoms with Crippen molar-refractivity contribution in [2.45, 2.75) is 139 Å². The fourth-order valence-electron chi connectivity index (χ4n) is 12.7. The number of aliphatic carboxylic acids is 1. The normalized spacial score (nSPS) is 39.6. The van der Waals surface area contributed by atoms with Crippen LogP contribution in [0.25, 0.3) is 0 Å². The van der Waals surface area contributed by atoms with E-state index in [4.69, 9.17) is 18.3 Å². The number of carbonyl (C=O) groups excluding carboxylic acids is 3. The molecule has 55 heavy (non-hydrogen) atoms. The van der Waals surface area contributed by atoms with Crippen molar-refractivity contribution >= 4 is 23.7 Å². The van der Waals surface area contributed by atoms with Gasteiger partial charge in [-0.25, -0.2) is 9.59 Å². The lowest BCUT2D eigenvalue weighted by Crippen LogP contribution is -2.67. The van der Waals surface area contributed by atoms with Gasteiger partial charge in [-0.1, -0.05) is 47.1 Å². The van der Waals surface area contributed by atoms with E-state index in [0.717, 1.165) is 24.8 Å². The van der Waals surface area contributed by atoms with Crippen molar-refractivity contribution in [1.82, 2.24) is 9.78 Å². The second kappa shape index (κ2) is 13.0. The predicted molar refractivity (Wildman–Crippen MR) is 200 cm³/mol. The summed E-state index contributed by atoms with van der Waals surface area (Å²) in [5.41, 5.74) is -2.11. The summed E-state index contributed by atoms with van der Waals surface area (Å²) >= 11 is 0. The van der Waals surface area contributed by atoms with Gasteiger partial charge in [-0.3, -0.25) is 19.1 Å². The lowest BCUT2D eigenvalue weighted by molar-refractivity contribution is -0.209. The molecule has 0 amide bonds. The summed E-state index contributed by atoms with van der Waals surface area (Å²) in [6.07, 6.45) is 11.3. The molecule has 2 heterocycles. The van der Waals surface area contributed by atoms with Gasteiger partial charge >= 0.3 is 23.7 Å². The number of rotatable bonds is 8. The maximum absolute atomic E-state index is 15.0. The van der Waals surface area contributed by atoms with Crippen molar-refractivity contribution in [3.05, 3.63) is 51.7 Å². The quantitative estimate of drug-likeness (QED) is 0.258. The third-order valence-electron chi connectivity index (χ3n) is 16.1. The van der Waals surface area contributed by atoms with Crippen LogP contribution in [0.4, 0.5) is 0 Å². The molecule has 300 valence electrons. The fraction of sp³-hybridized carbons (Fsp3) is 0.721. The van der Waals surface area contributed by atoms with Crippen LogP contribution in [-0.4, -0.2) is 45.2 Å². The van der Waals surface area contributed by atoms with Crippen molar-refractivity contribution in [3.63, 3.8) is 0 Å². The molecule has 0 unspecified atom stereocenters. The molecule has 0 aromatic carbocycles. The van der Waals surface area contributed by atoms with Gasteiger partial charge in [0.25, 0.3) is 0 Å². The van der Waals surface area contributed by atoms with Gasteiger partial charge in [0.2, 0.25) is 0 Å². The summed E-state index contributed by atoms with van der Waals surface area (Å²) in [7, 11) is 0. The van der Waals surface area contributed by atoms with Gasteiger partial charge in [-0.05, 0) is 118 Å². The van der Waals surface area contributed by atoms with Crippen LogP contribution in [0.1, 0.15) is 154 Å². The molecule has 1 N–H and O–H groups in total. The van der Waals surface area contributed by atoms with Gasteiger partial charge in [-0.2, -0.15) is 5.10 Å². The van der Waals surface area contributed by atoms with Crippen LogP contribution in [0.5, 0.6) is 0 Å². The zero-order valence-corrected chi connectivity index (χ0v) is 33.9. The average Bonchev–Trinajstić information content (AvgIpc) is 3.76. The smallest absolute Gasteiger partial charge is 0.481 e. The number of fused-ring (bicyclic) bond motifs is 7. The van der Waals surface area contributed by atoms with E-state index in [0.29, 0.717) is 44.3 Å². The van der Waals surface area contributed by atoms with E-state index in [-0.39, 0.29) is 58.9 Å². The molecule has 7 rings (SSSR count). The molecule has 0 aliphatic heterocycles. The number of hydrogen-bond acceptors (Lipinski definition) is 10. The molecule has 0 saturated heterocycles. The summed E-state index contributed by atoms with van der Waals surface area (Å²) in [6, 6.07) is -0.516. The monoisotopic (exact) mass is 762 g/mol. The molecular weight excluding hydrogens is 704 g/mol. The van der Waals surface area contributed by atoms with E-state index in [9.17, 15) is 24.3 Å². The van der Waals surface area contributed by atoms with Gasteiger partial charge < -0.3 is 23.4 Å². The summed E-state index contributed by atoms with van der Waals surface area (Å²) < 4.78 is 23.6. The summed E-state index contributed by atoms with van der Waals surface area (Å²) in [6.45, 7) is 18.2. The number of esters is 2. The Morgan fingerprint density at radius 2 is 1.67 bits per heavy atom. The van der Waals surface area contributed by atoms with Crippen LogP contribution in [0.3, 0.4) is 0 Å². The first-order valence-corrected chi connectivity index (χ1v) is 20.2. The number of ether oxygens (including phenoxy) is 2. The molecular formula is C43H58N2O10. The molecule has 5 aliphatic rings. The first-order chi connectivity index (χ1) is 25.7. The van der Waals surface area contributed by atoms with Crippen molar-refractivity contribution in [3.8, 4) is 0 Å². The molecule has 0 bridgehead atoms. The molecule has 12 heteroatoms. The average molecular weight is 763 g/mol. The van der Waals surface area contributed by atoms with Crippen LogP contribution in [0.2, 0.25) is 0 Å². The number of ketones is 1. The topological polar surface area (TPSA) is 168 Å². The highest BCUT2D eigenvalue weighted by Gasteiger charge is 2.72. The van der Waals surface area contributed by atoms with Gasteiger partial charge in [0.05, 0.1) is 35.2 Å². The van der Waals surface area contributed by atoms with Crippen molar-refractivity contribution in [2.24, 2.45) is 50.2 Å². The SMILES string of the molecule is CCOC(=O)c1cnn([C@H]2CC[C@@]3(C)[C@@H](CC[C@]4(C)[C@@H]3C(=O)C=C3[C@@H]5C[C@@](C)(C(=O)O)CC[C@]5(C)CC[C@]34C)[C@]2(C)C(=O)OCc2oc(=O)oc2C(C)C)c1. The Kier molecular flexibility index (Phi) is 9.32. The first-order valence-electron chi connectivity index (χ1n) is 20.2. The Morgan fingerprint density at radius 3 is 2.35 bits per heavy atom. The minimum absolute atomic E-state index is 0.00329. The van der Waals surface area contributed by atoms with Crippen LogP contribution in [0, 0.1) is 50.2 Å². The molecule has 12 nitrogen and oxygen atoms in total. The minimum Gasteiger partial charge on any atom is -0.481 e. The fourth-order valence-corrected chi connectivity index (χ4v) is 12.7. The number of hydrogen-bond donors (Lipinski definition) is 1. The molecule has 2 aromatic heterocycles. The minimum atomic E-state index is -1.21. The standard InChI is InChI=1S/C43H58N2O10/c1-10-52-34(47)25-21-44-45(22-25)31-12-13-40(6)30(43(31,9)36(50)53-23-29-32(24(2)3)55-37(51)54-29)11-14-42(8)33(40)28(46)19-26-27-20-39(5,35(48)49)16-15-38(27,4)17-18-41(26,42)7/h19,21-22,24,27,30-31,33H,10-18,20,23H2,1-9H3,(H,48,49)/t27-,30+,31-,33+,38+,39-,40-,41+,42+,43-/m0/s1. The maximum Gasteiger partial charge on any atom is 0.519 e. The predicted octanol–water partition coefficient (Wildman–Crippen LogP) is 8.06. The van der Waals surface area contributed by atoms with Crippen molar-refractivity contribution < 1.29 is 42.6 Å². The molecule has 10 atom stereocenters. The van der Waals surface area contributed by atoms with Gasteiger partial charge in [0, 0.05) is 18.0 Å². The van der Waals surface area contributed by atoms with Crippen LogP contribution in [0.15, 0.2) is 37.7 Å². The Bertz CT molecular complexity index is 2010. The van der Waals surface area contributed by atoms with E-state index in [1.807, 2.05) is 33.8 Å². The third-order valence-corrected chi connectivity index (χ3v) is 16.1. The number of carboxylic acid groups (broad SMARTS) is 1. The Morgan fingerprint density at radius 1 is 0.964 bits per heavy atom. The van der Waals surface area contributed by atoms with Crippen LogP contribution >= 0.6 is 0 Å². The summed E-state index contributed by atoms with van der Waals surface area (Å²) in [4.78, 5) is 67.3. The molecule has 2 aromatic rings. The highest BCUT2D eigenvalue weighted by molar-refractivity contribution is 5.96. The molecule has 0 spiro atoms. The number of allylic oxidation sites excluding steroid dienone is 2. The second-order valence-corrected chi connectivity index (χ2v) is 19.3. The first kappa shape index (κ1) is 39.3. The Balaban J connectivity index is 1.29. The largest absolute Gasteiger partial charge is 0.519 e. The second-order valence-electron chi connectivity index (χ2n) is 19.3. The Labute approximate surface area is 322 Å². The lowest BCUT2D eigenvalue weighted by Gasteiger charge is -2.70. The molecule has 4 saturated carbocycles. The van der Waals surface area contributed by atoms with E-state index < -0.39 is 57.4 Å². The number of carboxylic acids is 1. The number of carbonyl (C=O) groups is 4. The summed E-state index contributed by atoms with van der Waals surface area (Å²) in [5.74, 6) is -2.99. The van der Waals surface area contributed by atoms with Crippen molar-refractivity contribution in [1.29, 1.82) is 0 Å². The zero-order chi connectivity index (χ0) is 40.1. The molecule has 0 radical (unpaired) electrons. The zero-order valence-electron chi connectivity index (χ0n) is 33.9. The van der Waals surface area contributed by atoms with Crippen LogP contribution in [-0.2, 0) is 30.5 Å². The van der Waals surface area contributed by atoms with Gasteiger partial charge in [0.1, 0.15) is 0 Å². The highest BCUT2D eigenvalue weighted by Crippen LogP contribution is 2.76. The van der Waals surface area contributed by atoms with E-state index >= 15 is 4.79 Å². The van der Waals surface area contributed by atoms with E-state index in [2.05, 4.69) is 32.8 Å². The number of nitrogens with zero attached hydrogens (tertiary/aromatic N) is 2. The highest BCUT2D eigenvalue weighted by atomic mass is 16.6. The van der Waals surface area contributed by atoms with Gasteiger partial charge in [0.15, 0.2) is 23.9 Å². The van der Waals surface area contributed by atoms with E-state index in [1.54, 1.807) is 17.8 Å². The van der Waals surface area contributed by atoms with Gasteiger partial charge in [-0.15, -0.1) is 0 Å². The maximum atomic E-state index is 15.0. The van der Waals surface area contributed by atoms with Crippen LogP contribution < -0.4 is 5.82 Å².